The van der Waals surface area contributed by atoms with E-state index in [0.29, 0.717) is 30.8 Å². The molecule has 0 saturated carbocycles. The third-order valence-corrected chi connectivity index (χ3v) is 4.36. The zero-order valence-electron chi connectivity index (χ0n) is 12.1. The maximum atomic E-state index is 11.6. The summed E-state index contributed by atoms with van der Waals surface area (Å²) in [5.74, 6) is 0.697. The molecule has 0 spiro atoms. The Kier molecular flexibility index (Phi) is 9.24. The second-order valence-electron chi connectivity index (χ2n) is 5.03. The van der Waals surface area contributed by atoms with E-state index in [0.717, 1.165) is 19.6 Å². The summed E-state index contributed by atoms with van der Waals surface area (Å²) in [6.07, 6.45) is 2.34. The Balaban J connectivity index is 1.90. The number of ether oxygens (including phenoxy) is 1. The number of piperidine rings is 1. The van der Waals surface area contributed by atoms with E-state index in [1.54, 1.807) is 11.8 Å². The van der Waals surface area contributed by atoms with Crippen molar-refractivity contribution in [3.05, 3.63) is 0 Å². The first-order valence-corrected chi connectivity index (χ1v) is 8.05. The van der Waals surface area contributed by atoms with Gasteiger partial charge in [0.15, 0.2) is 0 Å². The Labute approximate surface area is 120 Å². The molecule has 112 valence electrons. The van der Waals surface area contributed by atoms with Crippen LogP contribution in [0.3, 0.4) is 0 Å². The van der Waals surface area contributed by atoms with E-state index in [1.807, 2.05) is 14.1 Å². The van der Waals surface area contributed by atoms with Crippen LogP contribution in [0.15, 0.2) is 0 Å². The highest BCUT2D eigenvalue weighted by Gasteiger charge is 2.14. The minimum atomic E-state index is 0.125. The Morgan fingerprint density at radius 2 is 2.11 bits per heavy atom. The van der Waals surface area contributed by atoms with Gasteiger partial charge in [-0.1, -0.05) is 0 Å². The van der Waals surface area contributed by atoms with Gasteiger partial charge in [-0.3, -0.25) is 4.79 Å². The second kappa shape index (κ2) is 10.5. The van der Waals surface area contributed by atoms with E-state index >= 15 is 0 Å². The van der Waals surface area contributed by atoms with Gasteiger partial charge in [-0.25, -0.2) is 0 Å². The molecular weight excluding hydrogens is 262 g/mol. The standard InChI is InChI=1S/C13H27N3O2S/c1-16(2)8-10-18-9-7-15-13(17)11-19-12-3-5-14-6-4-12/h12,14H,3-11H2,1-2H3,(H,15,17). The molecule has 0 aliphatic carbocycles. The van der Waals surface area contributed by atoms with Crippen molar-refractivity contribution >= 4 is 17.7 Å². The molecule has 1 saturated heterocycles. The quantitative estimate of drug-likeness (QED) is 0.593. The van der Waals surface area contributed by atoms with Crippen LogP contribution < -0.4 is 10.6 Å². The lowest BCUT2D eigenvalue weighted by Gasteiger charge is -2.21. The number of hydrogen-bond donors (Lipinski definition) is 2. The molecule has 1 heterocycles. The molecular formula is C13H27N3O2S. The molecule has 0 atom stereocenters. The van der Waals surface area contributed by atoms with Crippen LogP contribution in [-0.4, -0.2) is 75.3 Å². The second-order valence-corrected chi connectivity index (χ2v) is 6.31. The van der Waals surface area contributed by atoms with Crippen molar-refractivity contribution in [3.8, 4) is 0 Å². The summed E-state index contributed by atoms with van der Waals surface area (Å²) in [5, 5.41) is 6.87. The smallest absolute Gasteiger partial charge is 0.230 e. The molecule has 0 aromatic heterocycles. The van der Waals surface area contributed by atoms with Crippen LogP contribution in [0.25, 0.3) is 0 Å². The van der Waals surface area contributed by atoms with Crippen molar-refractivity contribution in [2.75, 3.05) is 59.2 Å². The SMILES string of the molecule is CN(C)CCOCCNC(=O)CSC1CCNCC1. The van der Waals surface area contributed by atoms with Gasteiger partial charge < -0.3 is 20.3 Å². The molecule has 0 aromatic carbocycles. The van der Waals surface area contributed by atoms with Crippen molar-refractivity contribution in [2.24, 2.45) is 0 Å². The van der Waals surface area contributed by atoms with Crippen LogP contribution >= 0.6 is 11.8 Å². The van der Waals surface area contributed by atoms with Crippen molar-refractivity contribution in [1.82, 2.24) is 15.5 Å². The van der Waals surface area contributed by atoms with E-state index in [2.05, 4.69) is 15.5 Å². The highest BCUT2D eigenvalue weighted by molar-refractivity contribution is 8.00. The van der Waals surface area contributed by atoms with E-state index in [1.165, 1.54) is 12.8 Å². The van der Waals surface area contributed by atoms with Crippen LogP contribution in [0.4, 0.5) is 0 Å². The molecule has 5 nitrogen and oxygen atoms in total. The summed E-state index contributed by atoms with van der Waals surface area (Å²) in [4.78, 5) is 13.7. The largest absolute Gasteiger partial charge is 0.378 e. The number of hydrogen-bond acceptors (Lipinski definition) is 5. The number of amides is 1. The molecule has 2 N–H and O–H groups in total. The van der Waals surface area contributed by atoms with Crippen molar-refractivity contribution < 1.29 is 9.53 Å². The summed E-state index contributed by atoms with van der Waals surface area (Å²) in [5.41, 5.74) is 0. The molecule has 1 rings (SSSR count). The molecule has 0 radical (unpaired) electrons. The average Bonchev–Trinajstić information content (AvgIpc) is 2.41. The topological polar surface area (TPSA) is 53.6 Å². The van der Waals surface area contributed by atoms with E-state index in [4.69, 9.17) is 4.74 Å². The van der Waals surface area contributed by atoms with Crippen molar-refractivity contribution in [2.45, 2.75) is 18.1 Å². The number of thioether (sulfide) groups is 1. The lowest BCUT2D eigenvalue weighted by molar-refractivity contribution is -0.118. The Bertz CT molecular complexity index is 246. The molecule has 1 aliphatic heterocycles. The van der Waals surface area contributed by atoms with Gasteiger partial charge in [-0.05, 0) is 40.0 Å². The van der Waals surface area contributed by atoms with Crippen LogP contribution in [0, 0.1) is 0 Å². The first-order valence-electron chi connectivity index (χ1n) is 7.00. The fraction of sp³-hybridized carbons (Fsp3) is 0.923. The van der Waals surface area contributed by atoms with Gasteiger partial charge in [0, 0.05) is 18.3 Å². The number of rotatable bonds is 9. The van der Waals surface area contributed by atoms with Gasteiger partial charge in [0.2, 0.25) is 5.91 Å². The van der Waals surface area contributed by atoms with E-state index in [-0.39, 0.29) is 5.91 Å². The third kappa shape index (κ3) is 9.27. The van der Waals surface area contributed by atoms with Crippen molar-refractivity contribution in [3.63, 3.8) is 0 Å². The summed E-state index contributed by atoms with van der Waals surface area (Å²) in [6, 6.07) is 0. The zero-order valence-corrected chi connectivity index (χ0v) is 12.9. The minimum absolute atomic E-state index is 0.125. The van der Waals surface area contributed by atoms with Gasteiger partial charge in [0.25, 0.3) is 0 Å². The van der Waals surface area contributed by atoms with Crippen LogP contribution in [0.1, 0.15) is 12.8 Å². The van der Waals surface area contributed by atoms with E-state index < -0.39 is 0 Å². The van der Waals surface area contributed by atoms with Crippen LogP contribution in [0.2, 0.25) is 0 Å². The summed E-state index contributed by atoms with van der Waals surface area (Å²) in [7, 11) is 4.03. The molecule has 0 aromatic rings. The predicted molar refractivity (Wildman–Crippen MR) is 80.7 cm³/mol. The highest BCUT2D eigenvalue weighted by atomic mass is 32.2. The lowest BCUT2D eigenvalue weighted by atomic mass is 10.2. The molecule has 1 aliphatic rings. The maximum Gasteiger partial charge on any atom is 0.230 e. The zero-order chi connectivity index (χ0) is 13.9. The average molecular weight is 289 g/mol. The Morgan fingerprint density at radius 1 is 1.37 bits per heavy atom. The van der Waals surface area contributed by atoms with Gasteiger partial charge in [-0.2, -0.15) is 0 Å². The number of likely N-dealkylation sites (N-methyl/N-ethyl adjacent to an activating group) is 1. The Morgan fingerprint density at radius 3 is 2.79 bits per heavy atom. The monoisotopic (exact) mass is 289 g/mol. The number of nitrogens with zero attached hydrogens (tertiary/aromatic N) is 1. The Hall–Kier alpha value is -0.300. The number of carbonyl (C=O) groups excluding carboxylic acids is 1. The van der Waals surface area contributed by atoms with Gasteiger partial charge in [-0.15, -0.1) is 11.8 Å². The molecule has 0 bridgehead atoms. The highest BCUT2D eigenvalue weighted by Crippen LogP contribution is 2.19. The predicted octanol–water partition coefficient (Wildman–Crippen LogP) is 0.166. The van der Waals surface area contributed by atoms with Crippen LogP contribution in [0.5, 0.6) is 0 Å². The normalized spacial score (nSPS) is 16.8. The van der Waals surface area contributed by atoms with Crippen LogP contribution in [-0.2, 0) is 9.53 Å². The summed E-state index contributed by atoms with van der Waals surface area (Å²) in [6.45, 7) is 5.00. The van der Waals surface area contributed by atoms with Gasteiger partial charge in [0.05, 0.1) is 19.0 Å². The lowest BCUT2D eigenvalue weighted by Crippen LogP contribution is -2.32. The third-order valence-electron chi connectivity index (χ3n) is 2.99. The van der Waals surface area contributed by atoms with Crippen molar-refractivity contribution in [1.29, 1.82) is 0 Å². The van der Waals surface area contributed by atoms with Gasteiger partial charge in [0.1, 0.15) is 0 Å². The molecule has 1 fully saturated rings. The fourth-order valence-electron chi connectivity index (χ4n) is 1.82. The molecule has 19 heavy (non-hydrogen) atoms. The number of nitrogens with one attached hydrogen (secondary N) is 2. The van der Waals surface area contributed by atoms with E-state index in [9.17, 15) is 4.79 Å². The molecule has 1 amide bonds. The number of carbonyl (C=O) groups is 1. The molecule has 6 heteroatoms. The first-order chi connectivity index (χ1) is 9.18. The minimum Gasteiger partial charge on any atom is -0.378 e. The van der Waals surface area contributed by atoms with Gasteiger partial charge >= 0.3 is 0 Å². The molecule has 0 unspecified atom stereocenters. The maximum absolute atomic E-state index is 11.6. The summed E-state index contributed by atoms with van der Waals surface area (Å²) < 4.78 is 5.42. The fourth-order valence-corrected chi connectivity index (χ4v) is 2.88. The first kappa shape index (κ1) is 16.8. The summed E-state index contributed by atoms with van der Waals surface area (Å²) >= 11 is 1.78.